The topological polar surface area (TPSA) is 90.0 Å². The number of imidazole rings is 1. The molecule has 1 atom stereocenters. The van der Waals surface area contributed by atoms with Crippen molar-refractivity contribution in [2.24, 2.45) is 5.73 Å². The van der Waals surface area contributed by atoms with Crippen LogP contribution in [0.2, 0.25) is 0 Å². The number of hydrogen-bond donors (Lipinski definition) is 2. The number of carbonyl (C=O) groups excluding carboxylic acids is 2. The Balaban J connectivity index is 2.17. The lowest BCUT2D eigenvalue weighted by atomic mass is 10.3. The summed E-state index contributed by atoms with van der Waals surface area (Å²) in [6, 6.07) is 5.11. The first-order valence-electron chi connectivity index (χ1n) is 6.03. The molecule has 0 radical (unpaired) electrons. The van der Waals surface area contributed by atoms with E-state index >= 15 is 0 Å². The summed E-state index contributed by atoms with van der Waals surface area (Å²) >= 11 is 1.14. The Kier molecular flexibility index (Phi) is 4.59. The predicted molar refractivity (Wildman–Crippen MR) is 76.6 cm³/mol. The molecule has 2 aromatic rings. The molecule has 8 heteroatoms. The van der Waals surface area contributed by atoms with Gasteiger partial charge in [0.1, 0.15) is 5.82 Å². The quantitative estimate of drug-likeness (QED) is 0.841. The fraction of sp³-hybridized carbons (Fsp3) is 0.154. The lowest BCUT2D eigenvalue weighted by Crippen LogP contribution is -2.39. The van der Waals surface area contributed by atoms with E-state index in [4.69, 9.17) is 5.73 Å². The fourth-order valence-electron chi connectivity index (χ4n) is 1.63. The SMILES string of the molecule is C[C@@H](Sc1nccn1-c1cccc(F)c1)C(=O)NC(N)=O. The van der Waals surface area contributed by atoms with Crippen LogP contribution in [0.1, 0.15) is 6.92 Å². The number of primary amides is 1. The zero-order valence-corrected chi connectivity index (χ0v) is 11.9. The van der Waals surface area contributed by atoms with Crippen molar-refractivity contribution in [1.29, 1.82) is 0 Å². The van der Waals surface area contributed by atoms with Crippen molar-refractivity contribution in [2.75, 3.05) is 0 Å². The van der Waals surface area contributed by atoms with E-state index in [9.17, 15) is 14.0 Å². The second-order valence-corrected chi connectivity index (χ2v) is 5.48. The summed E-state index contributed by atoms with van der Waals surface area (Å²) in [5, 5.41) is 1.94. The van der Waals surface area contributed by atoms with Crippen molar-refractivity contribution in [2.45, 2.75) is 17.3 Å². The Morgan fingerprint density at radius 1 is 1.48 bits per heavy atom. The summed E-state index contributed by atoms with van der Waals surface area (Å²) in [5.74, 6) is -0.877. The minimum absolute atomic E-state index is 0.364. The van der Waals surface area contributed by atoms with Crippen molar-refractivity contribution in [3.8, 4) is 5.69 Å². The zero-order valence-electron chi connectivity index (χ0n) is 11.1. The molecule has 0 aliphatic rings. The van der Waals surface area contributed by atoms with E-state index in [1.54, 1.807) is 36.0 Å². The van der Waals surface area contributed by atoms with Crippen LogP contribution >= 0.6 is 11.8 Å². The molecule has 0 unspecified atom stereocenters. The highest BCUT2D eigenvalue weighted by atomic mass is 32.2. The molecule has 0 spiro atoms. The number of benzene rings is 1. The number of imide groups is 1. The smallest absolute Gasteiger partial charge is 0.318 e. The van der Waals surface area contributed by atoms with Gasteiger partial charge in [-0.15, -0.1) is 0 Å². The van der Waals surface area contributed by atoms with Crippen LogP contribution in [-0.4, -0.2) is 26.7 Å². The van der Waals surface area contributed by atoms with Gasteiger partial charge in [0, 0.05) is 12.4 Å². The summed E-state index contributed by atoms with van der Waals surface area (Å²) in [4.78, 5) is 26.4. The molecule has 1 aromatic carbocycles. The summed E-state index contributed by atoms with van der Waals surface area (Å²) in [6.07, 6.45) is 3.21. The third-order valence-electron chi connectivity index (χ3n) is 2.59. The van der Waals surface area contributed by atoms with E-state index < -0.39 is 17.2 Å². The molecule has 1 heterocycles. The van der Waals surface area contributed by atoms with Gasteiger partial charge in [-0.05, 0) is 25.1 Å². The molecule has 110 valence electrons. The van der Waals surface area contributed by atoms with Gasteiger partial charge in [-0.3, -0.25) is 14.7 Å². The Hall–Kier alpha value is -2.35. The van der Waals surface area contributed by atoms with Gasteiger partial charge in [0.2, 0.25) is 5.91 Å². The summed E-state index contributed by atoms with van der Waals surface area (Å²) in [6.45, 7) is 1.62. The Morgan fingerprint density at radius 2 is 2.24 bits per heavy atom. The maximum Gasteiger partial charge on any atom is 0.318 e. The molecule has 3 amide bonds. The lowest BCUT2D eigenvalue weighted by Gasteiger charge is -2.11. The molecular weight excluding hydrogens is 295 g/mol. The number of halogens is 1. The van der Waals surface area contributed by atoms with Gasteiger partial charge in [0.05, 0.1) is 10.9 Å². The normalized spacial score (nSPS) is 11.9. The monoisotopic (exact) mass is 308 g/mol. The highest BCUT2D eigenvalue weighted by Crippen LogP contribution is 2.24. The molecule has 2 rings (SSSR count). The number of rotatable bonds is 4. The van der Waals surface area contributed by atoms with Gasteiger partial charge in [0.25, 0.3) is 0 Å². The minimum Gasteiger partial charge on any atom is -0.351 e. The first kappa shape index (κ1) is 15.0. The molecule has 21 heavy (non-hydrogen) atoms. The number of nitrogens with two attached hydrogens (primary N) is 1. The van der Waals surface area contributed by atoms with Crippen LogP contribution in [-0.2, 0) is 4.79 Å². The first-order chi connectivity index (χ1) is 9.97. The molecule has 0 saturated heterocycles. The van der Waals surface area contributed by atoms with Crippen LogP contribution in [0.25, 0.3) is 5.69 Å². The van der Waals surface area contributed by atoms with Crippen molar-refractivity contribution >= 4 is 23.7 Å². The van der Waals surface area contributed by atoms with Crippen LogP contribution in [0.5, 0.6) is 0 Å². The maximum atomic E-state index is 13.3. The molecule has 0 aliphatic carbocycles. The highest BCUT2D eigenvalue weighted by molar-refractivity contribution is 8.00. The summed E-state index contributed by atoms with van der Waals surface area (Å²) in [7, 11) is 0. The number of aromatic nitrogens is 2. The van der Waals surface area contributed by atoms with E-state index in [0.29, 0.717) is 10.8 Å². The first-order valence-corrected chi connectivity index (χ1v) is 6.91. The van der Waals surface area contributed by atoms with E-state index in [1.165, 1.54) is 12.1 Å². The van der Waals surface area contributed by atoms with E-state index in [-0.39, 0.29) is 5.82 Å². The molecule has 0 fully saturated rings. The van der Waals surface area contributed by atoms with Crippen LogP contribution in [0.3, 0.4) is 0 Å². The van der Waals surface area contributed by atoms with Gasteiger partial charge >= 0.3 is 6.03 Å². The fourth-order valence-corrected chi connectivity index (χ4v) is 2.52. The summed E-state index contributed by atoms with van der Waals surface area (Å²) in [5.41, 5.74) is 5.49. The Labute approximate surface area is 124 Å². The number of nitrogens with zero attached hydrogens (tertiary/aromatic N) is 2. The third-order valence-corrected chi connectivity index (χ3v) is 3.67. The lowest BCUT2D eigenvalue weighted by molar-refractivity contribution is -0.119. The average molecular weight is 308 g/mol. The Morgan fingerprint density at radius 3 is 2.90 bits per heavy atom. The summed E-state index contributed by atoms with van der Waals surface area (Å²) < 4.78 is 14.9. The Bertz CT molecular complexity index is 674. The van der Waals surface area contributed by atoms with Crippen molar-refractivity contribution < 1.29 is 14.0 Å². The largest absolute Gasteiger partial charge is 0.351 e. The number of amides is 3. The second-order valence-electron chi connectivity index (χ2n) is 4.17. The minimum atomic E-state index is -0.902. The van der Waals surface area contributed by atoms with E-state index in [0.717, 1.165) is 11.8 Å². The molecule has 0 aliphatic heterocycles. The number of thioether (sulfide) groups is 1. The van der Waals surface area contributed by atoms with E-state index in [2.05, 4.69) is 4.98 Å². The van der Waals surface area contributed by atoms with Crippen molar-refractivity contribution in [1.82, 2.24) is 14.9 Å². The molecule has 1 aromatic heterocycles. The third kappa shape index (κ3) is 3.82. The standard InChI is InChI=1S/C13H13FN4O2S/c1-8(11(19)17-12(15)20)21-13-16-5-6-18(13)10-4-2-3-9(14)7-10/h2-8H,1H3,(H3,15,17,19,20)/t8-/m1/s1. The highest BCUT2D eigenvalue weighted by Gasteiger charge is 2.18. The van der Waals surface area contributed by atoms with Crippen LogP contribution in [0, 0.1) is 5.82 Å². The predicted octanol–water partition coefficient (Wildman–Crippen LogP) is 1.69. The average Bonchev–Trinajstić information content (AvgIpc) is 2.86. The molecule has 0 saturated carbocycles. The van der Waals surface area contributed by atoms with Crippen LogP contribution in [0.4, 0.5) is 9.18 Å². The maximum absolute atomic E-state index is 13.3. The van der Waals surface area contributed by atoms with Gasteiger partial charge in [-0.2, -0.15) is 0 Å². The van der Waals surface area contributed by atoms with Gasteiger partial charge < -0.3 is 5.73 Å². The molecule has 3 N–H and O–H groups in total. The van der Waals surface area contributed by atoms with Gasteiger partial charge in [0.15, 0.2) is 5.16 Å². The van der Waals surface area contributed by atoms with Crippen LogP contribution < -0.4 is 11.1 Å². The second kappa shape index (κ2) is 6.40. The number of hydrogen-bond acceptors (Lipinski definition) is 4. The van der Waals surface area contributed by atoms with Crippen molar-refractivity contribution in [3.05, 3.63) is 42.5 Å². The molecule has 6 nitrogen and oxygen atoms in total. The number of nitrogens with one attached hydrogen (secondary N) is 1. The van der Waals surface area contributed by atoms with E-state index in [1.807, 2.05) is 5.32 Å². The van der Waals surface area contributed by atoms with Gasteiger partial charge in [-0.1, -0.05) is 17.8 Å². The number of carbonyl (C=O) groups is 2. The number of urea groups is 1. The molecule has 0 bridgehead atoms. The van der Waals surface area contributed by atoms with Crippen molar-refractivity contribution in [3.63, 3.8) is 0 Å². The van der Waals surface area contributed by atoms with Gasteiger partial charge in [-0.25, -0.2) is 14.2 Å². The zero-order chi connectivity index (χ0) is 15.4. The van der Waals surface area contributed by atoms with Crippen LogP contribution in [0.15, 0.2) is 41.8 Å². The molecular formula is C13H13FN4O2S.